The maximum atomic E-state index is 4.37. The highest BCUT2D eigenvalue weighted by Crippen LogP contribution is 2.22. The molecule has 0 aliphatic rings. The van der Waals surface area contributed by atoms with Gasteiger partial charge in [0.1, 0.15) is 0 Å². The molecule has 0 bridgehead atoms. The average molecular weight is 326 g/mol. The molecule has 0 amide bonds. The highest BCUT2D eigenvalue weighted by molar-refractivity contribution is 7.99. The van der Waals surface area contributed by atoms with Gasteiger partial charge in [-0.1, -0.05) is 23.9 Å². The third-order valence-electron chi connectivity index (χ3n) is 3.67. The maximum Gasteiger partial charge on any atom is 0.214 e. The summed E-state index contributed by atoms with van der Waals surface area (Å²) in [5.74, 6) is 0.850. The molecule has 0 unspecified atom stereocenters. The molecule has 0 atom stereocenters. The second-order valence-corrected chi connectivity index (χ2v) is 6.40. The van der Waals surface area contributed by atoms with Crippen molar-refractivity contribution in [3.05, 3.63) is 53.1 Å². The van der Waals surface area contributed by atoms with Gasteiger partial charge < -0.3 is 0 Å². The molecule has 2 aromatic heterocycles. The average Bonchev–Trinajstić information content (AvgIpc) is 3.00. The van der Waals surface area contributed by atoms with Crippen LogP contribution in [0.2, 0.25) is 0 Å². The molecule has 0 saturated carbocycles. The van der Waals surface area contributed by atoms with E-state index in [4.69, 9.17) is 0 Å². The van der Waals surface area contributed by atoms with Gasteiger partial charge in [0.15, 0.2) is 0 Å². The van der Waals surface area contributed by atoms with Crippen LogP contribution in [0, 0.1) is 20.8 Å². The summed E-state index contributed by atoms with van der Waals surface area (Å²) >= 11 is 1.62. The number of nitrogens with zero attached hydrogens (tertiary/aromatic N) is 6. The highest BCUT2D eigenvalue weighted by Gasteiger charge is 2.12. The van der Waals surface area contributed by atoms with Crippen molar-refractivity contribution in [1.29, 1.82) is 0 Å². The van der Waals surface area contributed by atoms with Gasteiger partial charge in [-0.3, -0.25) is 9.97 Å². The molecule has 2 heterocycles. The number of benzene rings is 1. The minimum Gasteiger partial charge on any atom is -0.258 e. The Hall–Kier alpha value is -2.28. The summed E-state index contributed by atoms with van der Waals surface area (Å²) < 4.78 is 1.80. The summed E-state index contributed by atoms with van der Waals surface area (Å²) in [5, 5.41) is 12.9. The van der Waals surface area contributed by atoms with Crippen LogP contribution in [-0.4, -0.2) is 35.9 Å². The smallest absolute Gasteiger partial charge is 0.214 e. The van der Waals surface area contributed by atoms with Gasteiger partial charge in [-0.15, -0.1) is 5.10 Å². The van der Waals surface area contributed by atoms with Crippen LogP contribution < -0.4 is 0 Å². The van der Waals surface area contributed by atoms with E-state index in [0.29, 0.717) is 0 Å². The van der Waals surface area contributed by atoms with Gasteiger partial charge in [-0.25, -0.2) is 0 Å². The fourth-order valence-electron chi connectivity index (χ4n) is 2.18. The lowest BCUT2D eigenvalue weighted by molar-refractivity contribution is 0.750. The van der Waals surface area contributed by atoms with Crippen molar-refractivity contribution >= 4 is 11.8 Å². The first-order valence-electron chi connectivity index (χ1n) is 7.40. The Morgan fingerprint density at radius 1 is 1.09 bits per heavy atom. The third kappa shape index (κ3) is 3.56. The van der Waals surface area contributed by atoms with Crippen LogP contribution in [0.3, 0.4) is 0 Å². The van der Waals surface area contributed by atoms with Crippen LogP contribution in [0.4, 0.5) is 0 Å². The van der Waals surface area contributed by atoms with Gasteiger partial charge >= 0.3 is 0 Å². The largest absolute Gasteiger partial charge is 0.258 e. The molecule has 1 aromatic carbocycles. The Kier molecular flexibility index (Phi) is 4.66. The van der Waals surface area contributed by atoms with E-state index in [-0.39, 0.29) is 0 Å². The number of hydrogen-bond donors (Lipinski definition) is 0. The van der Waals surface area contributed by atoms with Gasteiger partial charge in [0, 0.05) is 24.6 Å². The molecule has 0 radical (unpaired) electrons. The second-order valence-electron chi connectivity index (χ2n) is 5.34. The minimum absolute atomic E-state index is 0.791. The summed E-state index contributed by atoms with van der Waals surface area (Å²) in [5.41, 5.74) is 5.34. The van der Waals surface area contributed by atoms with E-state index in [1.54, 1.807) is 22.6 Å². The topological polar surface area (TPSA) is 69.4 Å². The van der Waals surface area contributed by atoms with Gasteiger partial charge in [-0.2, -0.15) is 4.68 Å². The molecule has 0 N–H and O–H groups in total. The maximum absolute atomic E-state index is 4.37. The molecule has 0 aliphatic carbocycles. The molecule has 0 aliphatic heterocycles. The standard InChI is InChI=1S/C16H18N6S/c1-11-5-4-6-15(13(11)3)22-16(19-20-21-22)23-8-7-14-10-17-12(2)9-18-14/h4-6,9-10H,7-8H2,1-3H3. The third-order valence-corrected chi connectivity index (χ3v) is 4.59. The Labute approximate surface area is 139 Å². The number of rotatable bonds is 5. The summed E-state index contributed by atoms with van der Waals surface area (Å²) in [7, 11) is 0. The monoisotopic (exact) mass is 326 g/mol. The molecule has 23 heavy (non-hydrogen) atoms. The number of aromatic nitrogens is 6. The SMILES string of the molecule is Cc1cnc(CCSc2nnnn2-c2cccc(C)c2C)cn1. The highest BCUT2D eigenvalue weighted by atomic mass is 32.2. The van der Waals surface area contributed by atoms with E-state index in [9.17, 15) is 0 Å². The van der Waals surface area contributed by atoms with Crippen molar-refractivity contribution in [2.75, 3.05) is 5.75 Å². The van der Waals surface area contributed by atoms with Crippen LogP contribution in [-0.2, 0) is 6.42 Å². The summed E-state index contributed by atoms with van der Waals surface area (Å²) in [6, 6.07) is 6.15. The first-order valence-corrected chi connectivity index (χ1v) is 8.39. The molecule has 0 saturated heterocycles. The molecule has 7 heteroatoms. The molecule has 3 aromatic rings. The van der Waals surface area contributed by atoms with Crippen molar-refractivity contribution in [1.82, 2.24) is 30.2 Å². The van der Waals surface area contributed by atoms with Crippen LogP contribution in [0.1, 0.15) is 22.5 Å². The van der Waals surface area contributed by atoms with Crippen LogP contribution in [0.5, 0.6) is 0 Å². The van der Waals surface area contributed by atoms with E-state index < -0.39 is 0 Å². The fourth-order valence-corrected chi connectivity index (χ4v) is 3.03. The van der Waals surface area contributed by atoms with Crippen LogP contribution in [0.15, 0.2) is 35.7 Å². The van der Waals surface area contributed by atoms with Gasteiger partial charge in [0.25, 0.3) is 0 Å². The Bertz CT molecular complexity index is 797. The zero-order valence-electron chi connectivity index (χ0n) is 13.4. The van der Waals surface area contributed by atoms with Gasteiger partial charge in [0.2, 0.25) is 5.16 Å². The summed E-state index contributed by atoms with van der Waals surface area (Å²) in [6.07, 6.45) is 4.45. The van der Waals surface area contributed by atoms with E-state index in [0.717, 1.165) is 34.4 Å². The normalized spacial score (nSPS) is 10.9. The van der Waals surface area contributed by atoms with Gasteiger partial charge in [-0.05, 0) is 48.4 Å². The van der Waals surface area contributed by atoms with E-state index in [2.05, 4.69) is 45.4 Å². The zero-order chi connectivity index (χ0) is 16.2. The quantitative estimate of drug-likeness (QED) is 0.672. The predicted octanol–water partition coefficient (Wildman–Crippen LogP) is 2.71. The number of hydrogen-bond acceptors (Lipinski definition) is 6. The lowest BCUT2D eigenvalue weighted by Gasteiger charge is -2.09. The molecule has 118 valence electrons. The molecule has 0 spiro atoms. The first kappa shape index (κ1) is 15.6. The summed E-state index contributed by atoms with van der Waals surface area (Å²) in [6.45, 7) is 6.11. The summed E-state index contributed by atoms with van der Waals surface area (Å²) in [4.78, 5) is 8.63. The number of thioether (sulfide) groups is 1. The van der Waals surface area contributed by atoms with E-state index in [1.165, 1.54) is 11.1 Å². The van der Waals surface area contributed by atoms with Crippen molar-refractivity contribution in [3.63, 3.8) is 0 Å². The molecule has 3 rings (SSSR count). The Balaban J connectivity index is 1.71. The molecular weight excluding hydrogens is 308 g/mol. The second kappa shape index (κ2) is 6.87. The van der Waals surface area contributed by atoms with Crippen LogP contribution >= 0.6 is 11.8 Å². The van der Waals surface area contributed by atoms with Gasteiger partial charge in [0.05, 0.1) is 17.1 Å². The Morgan fingerprint density at radius 2 is 1.96 bits per heavy atom. The molecule has 0 fully saturated rings. The van der Waals surface area contributed by atoms with Crippen molar-refractivity contribution in [2.24, 2.45) is 0 Å². The van der Waals surface area contributed by atoms with Crippen molar-refractivity contribution < 1.29 is 0 Å². The van der Waals surface area contributed by atoms with E-state index >= 15 is 0 Å². The zero-order valence-corrected chi connectivity index (χ0v) is 14.2. The minimum atomic E-state index is 0.791. The lowest BCUT2D eigenvalue weighted by Crippen LogP contribution is -2.03. The Morgan fingerprint density at radius 3 is 2.74 bits per heavy atom. The predicted molar refractivity (Wildman–Crippen MR) is 89.8 cm³/mol. The van der Waals surface area contributed by atoms with Crippen molar-refractivity contribution in [2.45, 2.75) is 32.3 Å². The number of aryl methyl sites for hydroxylation is 3. The lowest BCUT2D eigenvalue weighted by atomic mass is 10.1. The number of tetrazole rings is 1. The first-order chi connectivity index (χ1) is 11.1. The van der Waals surface area contributed by atoms with E-state index in [1.807, 2.05) is 25.3 Å². The van der Waals surface area contributed by atoms with Crippen LogP contribution in [0.25, 0.3) is 5.69 Å². The molecule has 6 nitrogen and oxygen atoms in total. The fraction of sp³-hybridized carbons (Fsp3) is 0.312. The van der Waals surface area contributed by atoms with Crippen molar-refractivity contribution in [3.8, 4) is 5.69 Å². The molecular formula is C16H18N6S.